The highest BCUT2D eigenvalue weighted by molar-refractivity contribution is 8.13. The summed E-state index contributed by atoms with van der Waals surface area (Å²) in [5, 5.41) is 5.45. The van der Waals surface area contributed by atoms with Crippen molar-refractivity contribution in [3.05, 3.63) is 11.3 Å². The van der Waals surface area contributed by atoms with Gasteiger partial charge in [-0.25, -0.2) is 4.99 Å². The van der Waals surface area contributed by atoms with E-state index < -0.39 is 0 Å². The molecule has 19 heavy (non-hydrogen) atoms. The second-order valence-electron chi connectivity index (χ2n) is 5.01. The van der Waals surface area contributed by atoms with Crippen LogP contribution in [0.15, 0.2) is 26.2 Å². The molecule has 4 rings (SSSR count). The Hall–Kier alpha value is -1.30. The molecule has 1 aliphatic carbocycles. The molecule has 0 unspecified atom stereocenters. The Morgan fingerprint density at radius 2 is 2.11 bits per heavy atom. The van der Waals surface area contributed by atoms with E-state index in [-0.39, 0.29) is 0 Å². The van der Waals surface area contributed by atoms with Crippen LogP contribution >= 0.6 is 11.8 Å². The maximum atomic E-state index is 4.78. The lowest BCUT2D eigenvalue weighted by atomic mass is 9.94. The standard InChI is InChI=1S/C13H17N5S/c1-2-19-13-16-12-15-10-6-4-3-5-9(10)11-14-7-8-17(13)18(11)12/h2-8H2,1H3. The molecular formula is C13H17N5S. The third kappa shape index (κ3) is 1.65. The minimum absolute atomic E-state index is 0.829. The molecule has 0 bridgehead atoms. The number of fused-ring (bicyclic) bond motifs is 1. The van der Waals surface area contributed by atoms with Gasteiger partial charge in [-0.3, -0.25) is 10.0 Å². The van der Waals surface area contributed by atoms with Crippen molar-refractivity contribution in [2.45, 2.75) is 32.6 Å². The molecule has 3 heterocycles. The highest BCUT2D eigenvalue weighted by Crippen LogP contribution is 2.35. The molecule has 0 aromatic heterocycles. The first-order valence-corrected chi connectivity index (χ1v) is 8.01. The summed E-state index contributed by atoms with van der Waals surface area (Å²) in [6, 6.07) is 0. The van der Waals surface area contributed by atoms with Gasteiger partial charge >= 0.3 is 0 Å². The Morgan fingerprint density at radius 3 is 3.00 bits per heavy atom. The van der Waals surface area contributed by atoms with E-state index in [1.807, 2.05) is 0 Å². The number of hydrogen-bond donors (Lipinski definition) is 0. The highest BCUT2D eigenvalue weighted by atomic mass is 32.2. The van der Waals surface area contributed by atoms with Crippen LogP contribution in [0.3, 0.4) is 0 Å². The minimum atomic E-state index is 0.829. The average molecular weight is 275 g/mol. The predicted molar refractivity (Wildman–Crippen MR) is 79.3 cm³/mol. The van der Waals surface area contributed by atoms with Crippen LogP contribution in [0.1, 0.15) is 32.6 Å². The quantitative estimate of drug-likeness (QED) is 0.737. The molecule has 0 amide bonds. The zero-order valence-corrected chi connectivity index (χ0v) is 11.9. The second kappa shape index (κ2) is 4.37. The lowest BCUT2D eigenvalue weighted by Gasteiger charge is -2.38. The Morgan fingerprint density at radius 1 is 1.21 bits per heavy atom. The van der Waals surface area contributed by atoms with E-state index in [4.69, 9.17) is 15.0 Å². The van der Waals surface area contributed by atoms with Gasteiger partial charge in [0.15, 0.2) is 11.0 Å². The number of thioether (sulfide) groups is 1. The van der Waals surface area contributed by atoms with Crippen molar-refractivity contribution >= 4 is 28.7 Å². The van der Waals surface area contributed by atoms with Crippen LogP contribution in [0, 0.1) is 0 Å². The van der Waals surface area contributed by atoms with Gasteiger partial charge in [0.1, 0.15) is 0 Å². The van der Waals surface area contributed by atoms with Crippen molar-refractivity contribution in [2.75, 3.05) is 18.8 Å². The Kier molecular flexibility index (Phi) is 2.65. The first-order chi connectivity index (χ1) is 9.38. The van der Waals surface area contributed by atoms with Crippen LogP contribution in [-0.4, -0.2) is 45.8 Å². The molecular weight excluding hydrogens is 258 g/mol. The second-order valence-corrected chi connectivity index (χ2v) is 6.24. The number of hydrogen-bond acceptors (Lipinski definition) is 6. The summed E-state index contributed by atoms with van der Waals surface area (Å²) in [6.07, 6.45) is 4.70. The van der Waals surface area contributed by atoms with Crippen LogP contribution in [0.5, 0.6) is 0 Å². The molecule has 0 radical (unpaired) electrons. The van der Waals surface area contributed by atoms with Crippen molar-refractivity contribution in [3.8, 4) is 0 Å². The molecule has 0 saturated carbocycles. The van der Waals surface area contributed by atoms with Crippen molar-refractivity contribution in [3.63, 3.8) is 0 Å². The van der Waals surface area contributed by atoms with E-state index in [2.05, 4.69) is 16.9 Å². The zero-order valence-electron chi connectivity index (χ0n) is 11.1. The van der Waals surface area contributed by atoms with Gasteiger partial charge in [0.25, 0.3) is 5.96 Å². The topological polar surface area (TPSA) is 43.6 Å². The number of guanidine groups is 1. The number of aliphatic imine (C=N–C) groups is 3. The average Bonchev–Trinajstić information content (AvgIpc) is 2.79. The van der Waals surface area contributed by atoms with Crippen LogP contribution in [-0.2, 0) is 0 Å². The molecule has 0 aromatic rings. The molecule has 0 atom stereocenters. The van der Waals surface area contributed by atoms with Gasteiger partial charge < -0.3 is 0 Å². The van der Waals surface area contributed by atoms with Gasteiger partial charge in [0, 0.05) is 5.57 Å². The van der Waals surface area contributed by atoms with E-state index in [1.54, 1.807) is 11.8 Å². The maximum absolute atomic E-state index is 4.78. The van der Waals surface area contributed by atoms with Crippen LogP contribution < -0.4 is 0 Å². The van der Waals surface area contributed by atoms with Crippen LogP contribution in [0.4, 0.5) is 0 Å². The summed E-state index contributed by atoms with van der Waals surface area (Å²) in [5.41, 5.74) is 2.59. The van der Waals surface area contributed by atoms with Crippen molar-refractivity contribution in [2.24, 2.45) is 15.0 Å². The van der Waals surface area contributed by atoms with Gasteiger partial charge in [-0.1, -0.05) is 18.7 Å². The van der Waals surface area contributed by atoms with Gasteiger partial charge in [-0.15, -0.1) is 0 Å². The Bertz CT molecular complexity index is 545. The van der Waals surface area contributed by atoms with Gasteiger partial charge in [-0.05, 0) is 31.4 Å². The number of amidine groups is 2. The number of allylic oxidation sites excluding steroid dienone is 1. The molecule has 0 aromatic carbocycles. The molecule has 5 nitrogen and oxygen atoms in total. The fraction of sp³-hybridized carbons (Fsp3) is 0.615. The predicted octanol–water partition coefficient (Wildman–Crippen LogP) is 2.24. The normalized spacial score (nSPS) is 24.8. The lowest BCUT2D eigenvalue weighted by molar-refractivity contribution is 0.225. The van der Waals surface area contributed by atoms with E-state index in [0.29, 0.717) is 0 Å². The SMILES string of the molecule is CCSC1=NC2=NC3=C(CCCC3)C3=NCCN1N23. The highest BCUT2D eigenvalue weighted by Gasteiger charge is 2.40. The Balaban J connectivity index is 1.80. The summed E-state index contributed by atoms with van der Waals surface area (Å²) < 4.78 is 0. The number of nitrogens with zero attached hydrogens (tertiary/aromatic N) is 5. The van der Waals surface area contributed by atoms with Gasteiger partial charge in [-0.2, -0.15) is 10.0 Å². The van der Waals surface area contributed by atoms with Crippen molar-refractivity contribution in [1.29, 1.82) is 0 Å². The van der Waals surface area contributed by atoms with E-state index >= 15 is 0 Å². The number of hydrazine groups is 1. The molecule has 4 aliphatic rings. The third-order valence-electron chi connectivity index (χ3n) is 3.84. The third-order valence-corrected chi connectivity index (χ3v) is 4.69. The zero-order chi connectivity index (χ0) is 12.8. The summed E-state index contributed by atoms with van der Waals surface area (Å²) in [5.74, 6) is 2.98. The fourth-order valence-electron chi connectivity index (χ4n) is 3.01. The smallest absolute Gasteiger partial charge is 0.253 e. The van der Waals surface area contributed by atoms with Crippen molar-refractivity contribution < 1.29 is 0 Å². The van der Waals surface area contributed by atoms with Crippen molar-refractivity contribution in [1.82, 2.24) is 10.0 Å². The summed E-state index contributed by atoms with van der Waals surface area (Å²) in [4.78, 5) is 14.2. The van der Waals surface area contributed by atoms with Crippen LogP contribution in [0.2, 0.25) is 0 Å². The van der Waals surface area contributed by atoms with Gasteiger partial charge in [0.05, 0.1) is 18.8 Å². The number of rotatable bonds is 1. The van der Waals surface area contributed by atoms with E-state index in [1.165, 1.54) is 24.1 Å². The molecule has 3 aliphatic heterocycles. The van der Waals surface area contributed by atoms with Gasteiger partial charge in [0.2, 0.25) is 0 Å². The first-order valence-electron chi connectivity index (χ1n) is 7.03. The first kappa shape index (κ1) is 11.5. The van der Waals surface area contributed by atoms with E-state index in [0.717, 1.165) is 48.6 Å². The minimum Gasteiger partial charge on any atom is -0.264 e. The fourth-order valence-corrected chi connectivity index (χ4v) is 3.74. The molecule has 6 heteroatoms. The monoisotopic (exact) mass is 275 g/mol. The maximum Gasteiger partial charge on any atom is 0.253 e. The lowest BCUT2D eigenvalue weighted by Crippen LogP contribution is -2.52. The molecule has 0 spiro atoms. The molecule has 100 valence electrons. The largest absolute Gasteiger partial charge is 0.264 e. The summed E-state index contributed by atoms with van der Waals surface area (Å²) >= 11 is 1.79. The van der Waals surface area contributed by atoms with E-state index in [9.17, 15) is 0 Å². The Labute approximate surface area is 117 Å². The van der Waals surface area contributed by atoms with Crippen LogP contribution in [0.25, 0.3) is 0 Å². The summed E-state index contributed by atoms with van der Waals surface area (Å²) in [7, 11) is 0. The summed E-state index contributed by atoms with van der Waals surface area (Å²) in [6.45, 7) is 3.94. The molecule has 0 N–H and O–H groups in total. The molecule has 0 saturated heterocycles. The molecule has 0 fully saturated rings.